The van der Waals surface area contributed by atoms with Crippen LogP contribution in [-0.4, -0.2) is 4.57 Å². The molecular weight excluding hydrogens is 829 g/mol. The van der Waals surface area contributed by atoms with E-state index >= 15 is 0 Å². The fraction of sp³-hybridized carbons (Fsp3) is 0. The van der Waals surface area contributed by atoms with E-state index < -0.39 is 0 Å². The maximum absolute atomic E-state index is 2.46. The van der Waals surface area contributed by atoms with Gasteiger partial charge in [0.15, 0.2) is 0 Å². The van der Waals surface area contributed by atoms with E-state index in [4.69, 9.17) is 0 Å². The molecule has 0 spiro atoms. The van der Waals surface area contributed by atoms with Crippen LogP contribution in [0.1, 0.15) is 0 Å². The lowest BCUT2D eigenvalue weighted by Gasteiger charge is -2.27. The number of benzene rings is 11. The van der Waals surface area contributed by atoms with E-state index in [1.807, 2.05) is 11.3 Å². The number of fused-ring (bicyclic) bond motifs is 7. The predicted molar refractivity (Wildman–Crippen MR) is 288 cm³/mol. The van der Waals surface area contributed by atoms with Gasteiger partial charge in [-0.1, -0.05) is 194 Å². The molecule has 0 saturated heterocycles. The van der Waals surface area contributed by atoms with Crippen molar-refractivity contribution in [3.8, 4) is 50.2 Å². The van der Waals surface area contributed by atoms with E-state index in [-0.39, 0.29) is 0 Å². The fourth-order valence-corrected chi connectivity index (χ4v) is 11.7. The second-order valence-corrected chi connectivity index (χ2v) is 18.2. The Morgan fingerprint density at radius 1 is 0.313 bits per heavy atom. The monoisotopic (exact) mass is 870 g/mol. The van der Waals surface area contributed by atoms with Crippen molar-refractivity contribution < 1.29 is 0 Å². The Labute approximate surface area is 393 Å². The predicted octanol–water partition coefficient (Wildman–Crippen LogP) is 18.4. The summed E-state index contributed by atoms with van der Waals surface area (Å²) in [5, 5.41) is 7.53. The first kappa shape index (κ1) is 38.9. The molecule has 13 rings (SSSR count). The van der Waals surface area contributed by atoms with Crippen molar-refractivity contribution in [3.05, 3.63) is 255 Å². The van der Waals surface area contributed by atoms with Crippen LogP contribution in [-0.2, 0) is 0 Å². The van der Waals surface area contributed by atoms with Crippen molar-refractivity contribution in [1.82, 2.24) is 4.57 Å². The van der Waals surface area contributed by atoms with Gasteiger partial charge < -0.3 is 9.47 Å². The number of hydrogen-bond donors (Lipinski definition) is 0. The minimum atomic E-state index is 1.09. The van der Waals surface area contributed by atoms with Crippen molar-refractivity contribution in [2.24, 2.45) is 0 Å². The van der Waals surface area contributed by atoms with Gasteiger partial charge >= 0.3 is 0 Å². The van der Waals surface area contributed by atoms with Crippen LogP contribution in [0, 0.1) is 0 Å². The smallest absolute Gasteiger partial charge is 0.0555 e. The average molecular weight is 871 g/mol. The minimum absolute atomic E-state index is 1.09. The topological polar surface area (TPSA) is 8.17 Å². The SMILES string of the molecule is c1ccc(-c2ccc(N(c3ccc(-c4ccccc4-c4cccc5c4c4ccccc4n5-c4ccccc4)cc3)c3ccc(-c4cccc5ccccc45)cc3)c3c2sc2ccccc23)cc1. The summed E-state index contributed by atoms with van der Waals surface area (Å²) in [4.78, 5) is 2.46. The molecule has 0 N–H and O–H groups in total. The number of nitrogens with zero attached hydrogens (tertiary/aromatic N) is 2. The molecular formula is C64H42N2S. The quantitative estimate of drug-likeness (QED) is 0.148. The van der Waals surface area contributed by atoms with E-state index in [0.717, 1.165) is 22.7 Å². The van der Waals surface area contributed by atoms with E-state index in [2.05, 4.69) is 264 Å². The van der Waals surface area contributed by atoms with Gasteiger partial charge in [0.2, 0.25) is 0 Å². The van der Waals surface area contributed by atoms with Gasteiger partial charge in [-0.2, -0.15) is 0 Å². The number of anilines is 3. The Morgan fingerprint density at radius 2 is 0.851 bits per heavy atom. The highest BCUT2D eigenvalue weighted by Gasteiger charge is 2.23. The lowest BCUT2D eigenvalue weighted by atomic mass is 9.92. The Morgan fingerprint density at radius 3 is 1.63 bits per heavy atom. The van der Waals surface area contributed by atoms with Gasteiger partial charge in [0.1, 0.15) is 0 Å². The van der Waals surface area contributed by atoms with Crippen LogP contribution in [0.4, 0.5) is 17.1 Å². The fourth-order valence-electron chi connectivity index (χ4n) is 10.4. The number of rotatable bonds is 8. The molecule has 0 aliphatic heterocycles. The zero-order valence-electron chi connectivity index (χ0n) is 36.6. The highest BCUT2D eigenvalue weighted by Crippen LogP contribution is 2.49. The Balaban J connectivity index is 0.977. The molecule has 2 heterocycles. The summed E-state index contributed by atoms with van der Waals surface area (Å²) in [7, 11) is 0. The van der Waals surface area contributed by atoms with E-state index in [1.54, 1.807) is 0 Å². The van der Waals surface area contributed by atoms with E-state index in [0.29, 0.717) is 0 Å². The lowest BCUT2D eigenvalue weighted by molar-refractivity contribution is 1.18. The normalized spacial score (nSPS) is 11.6. The maximum atomic E-state index is 2.46. The Bertz CT molecular complexity index is 3950. The summed E-state index contributed by atoms with van der Waals surface area (Å²) in [6, 6.07) is 93.1. The average Bonchev–Trinajstić information content (AvgIpc) is 3.97. The largest absolute Gasteiger partial charge is 0.310 e. The first-order valence-corrected chi connectivity index (χ1v) is 23.7. The molecule has 0 unspecified atom stereocenters. The van der Waals surface area contributed by atoms with E-state index in [1.165, 1.54) is 97.3 Å². The number of para-hydroxylation sites is 2. The van der Waals surface area contributed by atoms with Gasteiger partial charge in [-0.25, -0.2) is 0 Å². The number of thiophene rings is 1. The molecule has 0 amide bonds. The molecule has 314 valence electrons. The molecule has 0 aliphatic rings. The second kappa shape index (κ2) is 16.2. The molecule has 11 aromatic carbocycles. The van der Waals surface area contributed by atoms with Crippen LogP contribution in [0.5, 0.6) is 0 Å². The van der Waals surface area contributed by atoms with Crippen LogP contribution in [0.25, 0.3) is 103 Å². The highest BCUT2D eigenvalue weighted by molar-refractivity contribution is 7.26. The molecule has 13 aromatic rings. The van der Waals surface area contributed by atoms with Crippen molar-refractivity contribution in [2.45, 2.75) is 0 Å². The summed E-state index contributed by atoms with van der Waals surface area (Å²) in [5.41, 5.74) is 16.6. The van der Waals surface area contributed by atoms with Gasteiger partial charge in [-0.15, -0.1) is 11.3 Å². The highest BCUT2D eigenvalue weighted by atomic mass is 32.1. The molecule has 0 aliphatic carbocycles. The van der Waals surface area contributed by atoms with Gasteiger partial charge in [0.05, 0.1) is 16.7 Å². The van der Waals surface area contributed by atoms with Crippen LogP contribution in [0.15, 0.2) is 255 Å². The molecule has 0 atom stereocenters. The number of hydrogen-bond acceptors (Lipinski definition) is 2. The van der Waals surface area contributed by atoms with Gasteiger partial charge in [-0.3, -0.25) is 0 Å². The molecule has 0 bridgehead atoms. The molecule has 0 fully saturated rings. The second-order valence-electron chi connectivity index (χ2n) is 17.2. The summed E-state index contributed by atoms with van der Waals surface area (Å²) >= 11 is 1.88. The molecule has 0 radical (unpaired) electrons. The zero-order valence-corrected chi connectivity index (χ0v) is 37.4. The molecule has 3 heteroatoms. The first-order chi connectivity index (χ1) is 33.3. The molecule has 67 heavy (non-hydrogen) atoms. The Hall–Kier alpha value is -8.50. The number of aromatic nitrogens is 1. The maximum Gasteiger partial charge on any atom is 0.0555 e. The third kappa shape index (κ3) is 6.55. The van der Waals surface area contributed by atoms with Gasteiger partial charge in [-0.05, 0) is 116 Å². The summed E-state index contributed by atoms with van der Waals surface area (Å²) in [6.45, 7) is 0. The zero-order chi connectivity index (χ0) is 44.3. The minimum Gasteiger partial charge on any atom is -0.310 e. The Kier molecular flexibility index (Phi) is 9.40. The molecule has 2 aromatic heterocycles. The van der Waals surface area contributed by atoms with Gasteiger partial charge in [0, 0.05) is 48.0 Å². The molecule has 0 saturated carbocycles. The van der Waals surface area contributed by atoms with Crippen LogP contribution in [0.3, 0.4) is 0 Å². The summed E-state index contributed by atoms with van der Waals surface area (Å²) in [5.74, 6) is 0. The third-order valence-electron chi connectivity index (χ3n) is 13.4. The molecule has 2 nitrogen and oxygen atoms in total. The summed E-state index contributed by atoms with van der Waals surface area (Å²) < 4.78 is 4.97. The first-order valence-electron chi connectivity index (χ1n) is 22.9. The van der Waals surface area contributed by atoms with Crippen LogP contribution < -0.4 is 4.90 Å². The van der Waals surface area contributed by atoms with Crippen molar-refractivity contribution in [2.75, 3.05) is 4.90 Å². The van der Waals surface area contributed by atoms with E-state index in [9.17, 15) is 0 Å². The standard InChI is InChI=1S/C64H42N2S/c1-3-17-44(18-4-1)53-41-42-60(63-57-27-12-14-32-61(57)67-64(53)63)65(48-37-33-45(34-38-48)51-28-15-20-43-19-7-8-23-50(43)51)49-39-35-46(36-40-49)52-24-9-10-25-54(52)55-29-16-31-59-62(55)56-26-11-13-30-58(56)66(59)47-21-5-2-6-22-47/h1-42H. The third-order valence-corrected chi connectivity index (χ3v) is 14.6. The van der Waals surface area contributed by atoms with Crippen LogP contribution in [0.2, 0.25) is 0 Å². The summed E-state index contributed by atoms with van der Waals surface area (Å²) in [6.07, 6.45) is 0. The van der Waals surface area contributed by atoms with Gasteiger partial charge in [0.25, 0.3) is 0 Å². The van der Waals surface area contributed by atoms with Crippen molar-refractivity contribution in [1.29, 1.82) is 0 Å². The lowest BCUT2D eigenvalue weighted by Crippen LogP contribution is -2.10. The van der Waals surface area contributed by atoms with Crippen molar-refractivity contribution >= 4 is 81.1 Å². The van der Waals surface area contributed by atoms with Crippen molar-refractivity contribution in [3.63, 3.8) is 0 Å². The van der Waals surface area contributed by atoms with Crippen LogP contribution >= 0.6 is 11.3 Å².